The first-order chi connectivity index (χ1) is 16.3. The van der Waals surface area contributed by atoms with Crippen LogP contribution in [0.3, 0.4) is 0 Å². The summed E-state index contributed by atoms with van der Waals surface area (Å²) in [4.78, 5) is 52.4. The summed E-state index contributed by atoms with van der Waals surface area (Å²) in [5.41, 5.74) is 2.73. The molecule has 3 aliphatic rings. The second kappa shape index (κ2) is 8.03. The molecule has 1 fully saturated rings. The van der Waals surface area contributed by atoms with E-state index < -0.39 is 69.6 Å². The first-order valence-corrected chi connectivity index (χ1v) is 11.3. The van der Waals surface area contributed by atoms with E-state index in [1.165, 1.54) is 11.8 Å². The fourth-order valence-electron chi connectivity index (χ4n) is 5.97. The number of phenols is 1. The number of Topliss-reactive ketones (excluding diaryl/α,β-unsaturated/α-hetero) is 3. The minimum absolute atomic E-state index is 0.0132. The highest BCUT2D eigenvalue weighted by molar-refractivity contribution is 6.24. The molecule has 0 radical (unpaired) electrons. The number of amides is 1. The minimum atomic E-state index is -2.69. The Morgan fingerprint density at radius 3 is 2.34 bits per heavy atom. The zero-order chi connectivity index (χ0) is 26.1. The number of primary amides is 1. The van der Waals surface area contributed by atoms with Gasteiger partial charge in [0.1, 0.15) is 22.8 Å². The Bertz CT molecular complexity index is 1270. The predicted octanol–water partition coefficient (Wildman–Crippen LogP) is 0.729. The predicted molar refractivity (Wildman–Crippen MR) is 124 cm³/mol. The number of carbonyl (C=O) groups is 4. The third kappa shape index (κ3) is 3.16. The smallest absolute Gasteiger partial charge is 0.255 e. The van der Waals surface area contributed by atoms with E-state index in [4.69, 9.17) is 5.73 Å². The van der Waals surface area contributed by atoms with Crippen molar-refractivity contribution < 1.29 is 39.6 Å². The average Bonchev–Trinajstić information content (AvgIpc) is 2.75. The number of hydrogen-bond donors (Lipinski definition) is 5. The van der Waals surface area contributed by atoms with Crippen molar-refractivity contribution >= 4 is 29.0 Å². The van der Waals surface area contributed by atoms with Crippen LogP contribution in [0, 0.1) is 11.8 Å². The van der Waals surface area contributed by atoms with Gasteiger partial charge < -0.3 is 26.2 Å². The molecule has 35 heavy (non-hydrogen) atoms. The van der Waals surface area contributed by atoms with E-state index in [-0.39, 0.29) is 29.5 Å². The van der Waals surface area contributed by atoms with Crippen LogP contribution in [-0.4, -0.2) is 74.3 Å². The molecule has 0 aromatic heterocycles. The second-order valence-electron chi connectivity index (χ2n) is 9.66. The highest BCUT2D eigenvalue weighted by atomic mass is 16.3. The number of phenolic OH excluding ortho intramolecular Hbond substituents is 1. The summed E-state index contributed by atoms with van der Waals surface area (Å²) in [5.74, 6) is -7.58. The summed E-state index contributed by atoms with van der Waals surface area (Å²) in [6, 6.07) is 0.433. The molecule has 1 saturated carbocycles. The van der Waals surface area contributed by atoms with Gasteiger partial charge in [0.25, 0.3) is 5.91 Å². The molecule has 10 heteroatoms. The molecule has 186 valence electrons. The van der Waals surface area contributed by atoms with E-state index in [0.29, 0.717) is 17.5 Å². The van der Waals surface area contributed by atoms with Crippen molar-refractivity contribution in [3.05, 3.63) is 45.2 Å². The van der Waals surface area contributed by atoms with Crippen molar-refractivity contribution in [1.82, 2.24) is 4.90 Å². The summed E-state index contributed by atoms with van der Waals surface area (Å²) < 4.78 is 0. The van der Waals surface area contributed by atoms with Crippen molar-refractivity contribution in [2.75, 3.05) is 14.1 Å². The Hall–Kier alpha value is -3.50. The van der Waals surface area contributed by atoms with Gasteiger partial charge in [-0.25, -0.2) is 0 Å². The lowest BCUT2D eigenvalue weighted by atomic mass is 9.57. The number of rotatable bonds is 4. The van der Waals surface area contributed by atoms with Gasteiger partial charge in [-0.1, -0.05) is 6.92 Å². The summed E-state index contributed by atoms with van der Waals surface area (Å²) in [7, 11) is 3.09. The third-order valence-electron chi connectivity index (χ3n) is 7.57. The van der Waals surface area contributed by atoms with Gasteiger partial charge in [0, 0.05) is 11.5 Å². The van der Waals surface area contributed by atoms with Crippen LogP contribution in [-0.2, 0) is 27.2 Å². The summed E-state index contributed by atoms with van der Waals surface area (Å²) in [6.45, 7) is 3.12. The number of aliphatic hydroxyl groups is 3. The lowest BCUT2D eigenvalue weighted by Crippen LogP contribution is -2.65. The molecule has 0 aliphatic heterocycles. The molecule has 0 saturated heterocycles. The Labute approximate surface area is 201 Å². The molecule has 4 atom stereocenters. The Morgan fingerprint density at radius 1 is 1.20 bits per heavy atom. The van der Waals surface area contributed by atoms with Crippen molar-refractivity contribution in [3.8, 4) is 5.75 Å². The fraction of sp³-hybridized carbons (Fsp3) is 0.440. The molecule has 4 rings (SSSR count). The van der Waals surface area contributed by atoms with Gasteiger partial charge in [0.2, 0.25) is 5.78 Å². The van der Waals surface area contributed by atoms with Gasteiger partial charge in [-0.05, 0) is 63.4 Å². The number of aryl methyl sites for hydroxylation is 1. The second-order valence-corrected chi connectivity index (χ2v) is 9.66. The van der Waals surface area contributed by atoms with Crippen molar-refractivity contribution in [1.29, 1.82) is 0 Å². The van der Waals surface area contributed by atoms with Crippen LogP contribution in [0.4, 0.5) is 0 Å². The number of nitrogens with two attached hydrogens (primary N) is 1. The lowest BCUT2D eigenvalue weighted by Gasteiger charge is -2.50. The maximum atomic E-state index is 13.8. The molecule has 1 aromatic carbocycles. The van der Waals surface area contributed by atoms with Gasteiger partial charge in [0.05, 0.1) is 17.2 Å². The summed E-state index contributed by atoms with van der Waals surface area (Å²) in [6.07, 6.45) is 0.706. The zero-order valence-electron chi connectivity index (χ0n) is 19.9. The number of aromatic hydroxyl groups is 1. The van der Waals surface area contributed by atoms with Crippen molar-refractivity contribution in [2.45, 2.75) is 44.8 Å². The highest BCUT2D eigenvalue weighted by Gasteiger charge is 2.64. The number of hydrogen-bond acceptors (Lipinski definition) is 9. The number of likely N-dealkylation sites (N-methyl/N-ethyl adjacent to an activating group) is 1. The molecular weight excluding hydrogens is 456 g/mol. The largest absolute Gasteiger partial charge is 0.508 e. The standard InChI is InChI=1S/C25H28N2O8/c1-5-10-6-12(9(2)28)19(29)16-13(10)7-11-8-14-18(27(3)4)21(31)17(24(26)34)23(33)25(14,35)22(32)15(11)20(16)30/h6,11,14,18,29-30,33,35H,5,7-8H2,1-4H3,(H2,26,34)/t11-,14-,18-,25+/m1/s1. The molecule has 3 aliphatic carbocycles. The van der Waals surface area contributed by atoms with E-state index in [0.717, 1.165) is 0 Å². The van der Waals surface area contributed by atoms with Crippen LogP contribution in [0.15, 0.2) is 23.0 Å². The average molecular weight is 485 g/mol. The molecule has 10 nitrogen and oxygen atoms in total. The number of nitrogens with zero attached hydrogens (tertiary/aromatic N) is 1. The van der Waals surface area contributed by atoms with Gasteiger partial charge in [-0.2, -0.15) is 0 Å². The number of carbonyl (C=O) groups excluding carboxylic acids is 4. The van der Waals surface area contributed by atoms with Crippen molar-refractivity contribution in [2.24, 2.45) is 17.6 Å². The normalized spacial score (nSPS) is 28.1. The SMILES string of the molecule is CCc1cc(C(C)=O)c(O)c2c1C[C@@H]1C[C@@H]3[C@@H](N(C)C)C(=O)C(C(N)=O)=C(O)[C@@]3(O)C(=O)C1=C2O. The van der Waals surface area contributed by atoms with E-state index in [2.05, 4.69) is 0 Å². The van der Waals surface area contributed by atoms with Gasteiger partial charge in [-0.15, -0.1) is 0 Å². The number of benzene rings is 1. The van der Waals surface area contributed by atoms with Crippen LogP contribution < -0.4 is 5.73 Å². The molecule has 6 N–H and O–H groups in total. The molecule has 0 unspecified atom stereocenters. The summed E-state index contributed by atoms with van der Waals surface area (Å²) >= 11 is 0. The van der Waals surface area contributed by atoms with Crippen LogP contribution in [0.25, 0.3) is 5.76 Å². The Balaban J connectivity index is 2.02. The Kier molecular flexibility index (Phi) is 5.65. The van der Waals surface area contributed by atoms with Crippen LogP contribution in [0.1, 0.15) is 47.3 Å². The van der Waals surface area contributed by atoms with Gasteiger partial charge >= 0.3 is 0 Å². The first kappa shape index (κ1) is 24.6. The lowest BCUT2D eigenvalue weighted by molar-refractivity contribution is -0.153. The van der Waals surface area contributed by atoms with Crippen molar-refractivity contribution in [3.63, 3.8) is 0 Å². The highest BCUT2D eigenvalue weighted by Crippen LogP contribution is 2.53. The topological polar surface area (TPSA) is 178 Å². The number of ketones is 3. The van der Waals surface area contributed by atoms with Crippen LogP contribution in [0.5, 0.6) is 5.75 Å². The first-order valence-electron chi connectivity index (χ1n) is 11.3. The van der Waals surface area contributed by atoms with Crippen LogP contribution >= 0.6 is 0 Å². The van der Waals surface area contributed by atoms with Crippen LogP contribution in [0.2, 0.25) is 0 Å². The molecule has 0 bridgehead atoms. The van der Waals surface area contributed by atoms with E-state index in [1.807, 2.05) is 6.92 Å². The Morgan fingerprint density at radius 2 is 1.83 bits per heavy atom. The molecule has 0 spiro atoms. The number of fused-ring (bicyclic) bond motifs is 3. The zero-order valence-corrected chi connectivity index (χ0v) is 19.9. The van der Waals surface area contributed by atoms with Gasteiger partial charge in [0.15, 0.2) is 17.2 Å². The molecule has 1 amide bonds. The maximum absolute atomic E-state index is 13.8. The summed E-state index contributed by atoms with van der Waals surface area (Å²) in [5, 5.41) is 44.5. The van der Waals surface area contributed by atoms with E-state index >= 15 is 0 Å². The molecule has 0 heterocycles. The minimum Gasteiger partial charge on any atom is -0.508 e. The molecule has 1 aromatic rings. The number of aliphatic hydroxyl groups excluding tert-OH is 2. The van der Waals surface area contributed by atoms with E-state index in [1.54, 1.807) is 20.2 Å². The van der Waals surface area contributed by atoms with E-state index in [9.17, 15) is 39.6 Å². The monoisotopic (exact) mass is 484 g/mol. The third-order valence-corrected chi connectivity index (χ3v) is 7.57. The van der Waals surface area contributed by atoms with Gasteiger partial charge in [-0.3, -0.25) is 24.1 Å². The fourth-order valence-corrected chi connectivity index (χ4v) is 5.97. The maximum Gasteiger partial charge on any atom is 0.255 e. The molecular formula is C25H28N2O8. The quantitative estimate of drug-likeness (QED) is 0.304.